The van der Waals surface area contributed by atoms with Crippen molar-refractivity contribution in [3.63, 3.8) is 0 Å². The van der Waals surface area contributed by atoms with Gasteiger partial charge in [0.15, 0.2) is 0 Å². The molecule has 2 rings (SSSR count). The summed E-state index contributed by atoms with van der Waals surface area (Å²) in [5, 5.41) is 0. The molecule has 3 N–H and O–H groups in total. The van der Waals surface area contributed by atoms with Crippen LogP contribution in [0.1, 0.15) is 18.4 Å². The molecule has 1 saturated carbocycles. The fourth-order valence-electron chi connectivity index (χ4n) is 1.89. The Labute approximate surface area is 102 Å². The molecule has 1 aliphatic rings. The summed E-state index contributed by atoms with van der Waals surface area (Å²) in [6, 6.07) is 6.78. The van der Waals surface area contributed by atoms with E-state index in [1.54, 1.807) is 18.2 Å². The van der Waals surface area contributed by atoms with Crippen molar-refractivity contribution in [2.45, 2.75) is 30.7 Å². The molecule has 0 aromatic heterocycles. The topological polar surface area (TPSA) is 72.2 Å². The lowest BCUT2D eigenvalue weighted by Crippen LogP contribution is -2.41. The molecule has 1 aliphatic carbocycles. The van der Waals surface area contributed by atoms with Gasteiger partial charge in [-0.2, -0.15) is 0 Å². The van der Waals surface area contributed by atoms with E-state index in [1.807, 2.05) is 13.0 Å². The molecule has 0 radical (unpaired) electrons. The first-order valence-corrected chi connectivity index (χ1v) is 7.30. The number of benzene rings is 1. The van der Waals surface area contributed by atoms with E-state index in [0.717, 1.165) is 18.4 Å². The van der Waals surface area contributed by atoms with Gasteiger partial charge in [0.05, 0.1) is 4.90 Å². The molecule has 0 spiro atoms. The fourth-order valence-corrected chi connectivity index (χ4v) is 3.31. The van der Waals surface area contributed by atoms with Crippen LogP contribution in [0.3, 0.4) is 0 Å². The van der Waals surface area contributed by atoms with Crippen molar-refractivity contribution in [1.29, 1.82) is 0 Å². The normalized spacial score (nSPS) is 18.0. The molecule has 17 heavy (non-hydrogen) atoms. The highest BCUT2D eigenvalue weighted by Gasteiger charge is 2.33. The summed E-state index contributed by atoms with van der Waals surface area (Å²) in [6.45, 7) is 2.23. The summed E-state index contributed by atoms with van der Waals surface area (Å²) in [5.41, 5.74) is 6.54. The van der Waals surface area contributed by atoms with E-state index in [0.29, 0.717) is 17.4 Å². The number of sulfonamides is 1. The Hall–Kier alpha value is -0.910. The van der Waals surface area contributed by atoms with Crippen molar-refractivity contribution in [3.05, 3.63) is 29.8 Å². The average molecular weight is 254 g/mol. The third-order valence-corrected chi connectivity index (χ3v) is 4.54. The number of aryl methyl sites for hydroxylation is 1. The zero-order valence-electron chi connectivity index (χ0n) is 9.89. The molecule has 1 aromatic carbocycles. The molecule has 0 aliphatic heterocycles. The van der Waals surface area contributed by atoms with Crippen LogP contribution in [0.5, 0.6) is 0 Å². The summed E-state index contributed by atoms with van der Waals surface area (Å²) >= 11 is 0. The molecule has 0 amide bonds. The van der Waals surface area contributed by atoms with Gasteiger partial charge in [-0.05, 0) is 43.4 Å². The van der Waals surface area contributed by atoms with E-state index >= 15 is 0 Å². The average Bonchev–Trinajstić information content (AvgIpc) is 3.10. The minimum Gasteiger partial charge on any atom is -0.329 e. The van der Waals surface area contributed by atoms with Crippen LogP contribution < -0.4 is 10.5 Å². The molecule has 1 atom stereocenters. The maximum Gasteiger partial charge on any atom is 0.240 e. The lowest BCUT2D eigenvalue weighted by Gasteiger charge is -2.16. The van der Waals surface area contributed by atoms with Gasteiger partial charge in [-0.3, -0.25) is 0 Å². The fraction of sp³-hybridized carbons (Fsp3) is 0.500. The molecular weight excluding hydrogens is 236 g/mol. The highest BCUT2D eigenvalue weighted by Crippen LogP contribution is 2.32. The van der Waals surface area contributed by atoms with Crippen LogP contribution in [-0.2, 0) is 10.0 Å². The van der Waals surface area contributed by atoms with Crippen molar-refractivity contribution >= 4 is 10.0 Å². The van der Waals surface area contributed by atoms with Gasteiger partial charge in [-0.15, -0.1) is 0 Å². The maximum atomic E-state index is 12.1. The summed E-state index contributed by atoms with van der Waals surface area (Å²) in [5.74, 6) is 0.416. The van der Waals surface area contributed by atoms with Crippen LogP contribution >= 0.6 is 0 Å². The Bertz CT molecular complexity index is 495. The summed E-state index contributed by atoms with van der Waals surface area (Å²) in [6.07, 6.45) is 2.14. The Morgan fingerprint density at radius 1 is 1.47 bits per heavy atom. The van der Waals surface area contributed by atoms with Crippen molar-refractivity contribution in [2.75, 3.05) is 6.54 Å². The van der Waals surface area contributed by atoms with Gasteiger partial charge in [0.2, 0.25) is 10.0 Å². The summed E-state index contributed by atoms with van der Waals surface area (Å²) in [7, 11) is -3.43. The monoisotopic (exact) mass is 254 g/mol. The van der Waals surface area contributed by atoms with Gasteiger partial charge in [0.25, 0.3) is 0 Å². The Morgan fingerprint density at radius 3 is 2.71 bits per heavy atom. The predicted molar refractivity (Wildman–Crippen MR) is 67.1 cm³/mol. The van der Waals surface area contributed by atoms with Gasteiger partial charge in [-0.1, -0.05) is 12.1 Å². The molecule has 1 unspecified atom stereocenters. The Kier molecular flexibility index (Phi) is 3.51. The Morgan fingerprint density at radius 2 is 2.18 bits per heavy atom. The zero-order chi connectivity index (χ0) is 12.5. The van der Waals surface area contributed by atoms with Crippen LogP contribution in [0.25, 0.3) is 0 Å². The molecule has 5 heteroatoms. The second-order valence-corrected chi connectivity index (χ2v) is 6.33. The first kappa shape index (κ1) is 12.5. The van der Waals surface area contributed by atoms with Crippen molar-refractivity contribution in [1.82, 2.24) is 4.72 Å². The minimum atomic E-state index is -3.43. The molecule has 0 saturated heterocycles. The summed E-state index contributed by atoms with van der Waals surface area (Å²) < 4.78 is 26.9. The molecule has 4 nitrogen and oxygen atoms in total. The van der Waals surface area contributed by atoms with E-state index in [-0.39, 0.29) is 6.04 Å². The lowest BCUT2D eigenvalue weighted by atomic mass is 10.2. The van der Waals surface area contributed by atoms with E-state index in [9.17, 15) is 8.42 Å². The number of hydrogen-bond donors (Lipinski definition) is 2. The van der Waals surface area contributed by atoms with Crippen molar-refractivity contribution in [3.8, 4) is 0 Å². The van der Waals surface area contributed by atoms with E-state index < -0.39 is 10.0 Å². The van der Waals surface area contributed by atoms with E-state index in [4.69, 9.17) is 5.73 Å². The number of nitrogens with one attached hydrogen (secondary N) is 1. The quantitative estimate of drug-likeness (QED) is 0.823. The molecule has 0 bridgehead atoms. The van der Waals surface area contributed by atoms with Gasteiger partial charge < -0.3 is 5.73 Å². The second kappa shape index (κ2) is 4.76. The molecular formula is C12H18N2O2S. The largest absolute Gasteiger partial charge is 0.329 e. The van der Waals surface area contributed by atoms with Crippen LogP contribution in [0.15, 0.2) is 29.2 Å². The standard InChI is InChI=1S/C12H18N2O2S/c1-9-3-2-4-11(7-9)17(15,16)14-12(8-13)10-5-6-10/h2-4,7,10,12,14H,5-6,8,13H2,1H3. The maximum absolute atomic E-state index is 12.1. The van der Waals surface area contributed by atoms with E-state index in [1.165, 1.54) is 0 Å². The van der Waals surface area contributed by atoms with Crippen LogP contribution in [-0.4, -0.2) is 21.0 Å². The number of nitrogens with two attached hydrogens (primary N) is 1. The number of hydrogen-bond acceptors (Lipinski definition) is 3. The van der Waals surface area contributed by atoms with Gasteiger partial charge in [0, 0.05) is 12.6 Å². The van der Waals surface area contributed by atoms with Crippen LogP contribution in [0, 0.1) is 12.8 Å². The molecule has 94 valence electrons. The van der Waals surface area contributed by atoms with E-state index in [2.05, 4.69) is 4.72 Å². The third kappa shape index (κ3) is 3.06. The lowest BCUT2D eigenvalue weighted by molar-refractivity contribution is 0.519. The minimum absolute atomic E-state index is 0.125. The highest BCUT2D eigenvalue weighted by atomic mass is 32.2. The van der Waals surface area contributed by atoms with Gasteiger partial charge in [-0.25, -0.2) is 13.1 Å². The van der Waals surface area contributed by atoms with Gasteiger partial charge >= 0.3 is 0 Å². The first-order chi connectivity index (χ1) is 8.03. The van der Waals surface area contributed by atoms with Crippen LogP contribution in [0.4, 0.5) is 0 Å². The first-order valence-electron chi connectivity index (χ1n) is 5.82. The summed E-state index contributed by atoms with van der Waals surface area (Å²) in [4.78, 5) is 0.316. The van der Waals surface area contributed by atoms with Gasteiger partial charge in [0.1, 0.15) is 0 Å². The molecule has 1 aromatic rings. The van der Waals surface area contributed by atoms with Crippen LogP contribution in [0.2, 0.25) is 0 Å². The third-order valence-electron chi connectivity index (χ3n) is 3.05. The predicted octanol–water partition coefficient (Wildman–Crippen LogP) is 1.01. The second-order valence-electron chi connectivity index (χ2n) is 4.62. The molecule has 0 heterocycles. The number of rotatable bonds is 5. The highest BCUT2D eigenvalue weighted by molar-refractivity contribution is 7.89. The molecule has 1 fully saturated rings. The SMILES string of the molecule is Cc1cccc(S(=O)(=O)NC(CN)C2CC2)c1. The smallest absolute Gasteiger partial charge is 0.240 e. The van der Waals surface area contributed by atoms with Crippen molar-refractivity contribution < 1.29 is 8.42 Å². The van der Waals surface area contributed by atoms with Crippen molar-refractivity contribution in [2.24, 2.45) is 11.7 Å². The zero-order valence-corrected chi connectivity index (χ0v) is 10.7. The Balaban J connectivity index is 2.18.